The number of thiazole rings is 1. The highest BCUT2D eigenvalue weighted by atomic mass is 32.1. The van der Waals surface area contributed by atoms with Crippen molar-refractivity contribution in [3.63, 3.8) is 0 Å². The molecule has 1 amide bonds. The number of aromatic nitrogens is 2. The first-order valence-corrected chi connectivity index (χ1v) is 8.50. The number of likely N-dealkylation sites (tertiary alicyclic amines) is 2. The summed E-state index contributed by atoms with van der Waals surface area (Å²) in [5, 5.41) is 3.15. The second-order valence-corrected chi connectivity index (χ2v) is 6.88. The van der Waals surface area contributed by atoms with E-state index in [2.05, 4.69) is 19.8 Å². The van der Waals surface area contributed by atoms with Gasteiger partial charge in [0.2, 0.25) is 5.91 Å². The van der Waals surface area contributed by atoms with Crippen molar-refractivity contribution in [2.75, 3.05) is 6.54 Å². The standard InChI is InChI=1S/C16H18N4OS/c21-16-9-14-13(20(16)10-12-1-4-17-5-2-12)3-7-19(14)11-15-18-6-8-22-15/h1-2,4-6,8,13-14H,3,7,9-11H2/t13-,14+/m0/s1. The van der Waals surface area contributed by atoms with Crippen molar-refractivity contribution in [3.8, 4) is 0 Å². The van der Waals surface area contributed by atoms with Crippen molar-refractivity contribution in [2.45, 2.75) is 38.0 Å². The van der Waals surface area contributed by atoms with Gasteiger partial charge in [0.15, 0.2) is 0 Å². The Hall–Kier alpha value is -1.79. The molecule has 6 heteroatoms. The molecule has 114 valence electrons. The van der Waals surface area contributed by atoms with E-state index in [0.29, 0.717) is 25.0 Å². The maximum atomic E-state index is 12.4. The topological polar surface area (TPSA) is 49.3 Å². The monoisotopic (exact) mass is 314 g/mol. The van der Waals surface area contributed by atoms with E-state index in [0.717, 1.165) is 30.1 Å². The molecule has 0 aliphatic carbocycles. The fraction of sp³-hybridized carbons (Fsp3) is 0.438. The molecule has 2 atom stereocenters. The Labute approximate surface area is 133 Å². The predicted molar refractivity (Wildman–Crippen MR) is 84.1 cm³/mol. The molecule has 4 rings (SSSR count). The van der Waals surface area contributed by atoms with Crippen LogP contribution >= 0.6 is 11.3 Å². The van der Waals surface area contributed by atoms with Crippen LogP contribution in [0.15, 0.2) is 36.1 Å². The van der Waals surface area contributed by atoms with Crippen molar-refractivity contribution in [1.82, 2.24) is 19.8 Å². The Morgan fingerprint density at radius 2 is 2.05 bits per heavy atom. The number of hydrogen-bond acceptors (Lipinski definition) is 5. The highest BCUT2D eigenvalue weighted by Crippen LogP contribution is 2.34. The molecule has 0 bridgehead atoms. The van der Waals surface area contributed by atoms with E-state index in [1.165, 1.54) is 0 Å². The molecule has 4 heterocycles. The molecule has 2 aliphatic heterocycles. The first-order valence-electron chi connectivity index (χ1n) is 7.62. The van der Waals surface area contributed by atoms with E-state index in [9.17, 15) is 4.79 Å². The minimum atomic E-state index is 0.274. The van der Waals surface area contributed by atoms with Crippen molar-refractivity contribution in [1.29, 1.82) is 0 Å². The maximum Gasteiger partial charge on any atom is 0.224 e. The Morgan fingerprint density at radius 3 is 2.82 bits per heavy atom. The summed E-state index contributed by atoms with van der Waals surface area (Å²) in [6.45, 7) is 2.62. The predicted octanol–water partition coefficient (Wildman–Crippen LogP) is 1.91. The van der Waals surface area contributed by atoms with Gasteiger partial charge in [0, 0.05) is 55.6 Å². The first-order chi connectivity index (χ1) is 10.8. The molecule has 0 saturated carbocycles. The van der Waals surface area contributed by atoms with Crippen LogP contribution in [0.1, 0.15) is 23.4 Å². The number of hydrogen-bond donors (Lipinski definition) is 0. The lowest BCUT2D eigenvalue weighted by atomic mass is 10.1. The molecule has 0 radical (unpaired) electrons. The summed E-state index contributed by atoms with van der Waals surface area (Å²) in [6, 6.07) is 4.67. The minimum Gasteiger partial charge on any atom is -0.334 e. The second-order valence-electron chi connectivity index (χ2n) is 5.90. The Kier molecular flexibility index (Phi) is 3.63. The van der Waals surface area contributed by atoms with E-state index >= 15 is 0 Å². The Bertz CT molecular complexity index is 645. The van der Waals surface area contributed by atoms with E-state index < -0.39 is 0 Å². The van der Waals surface area contributed by atoms with Gasteiger partial charge in [-0.05, 0) is 24.1 Å². The fourth-order valence-corrected chi connectivity index (χ4v) is 4.24. The van der Waals surface area contributed by atoms with Gasteiger partial charge in [-0.15, -0.1) is 11.3 Å². The van der Waals surface area contributed by atoms with Gasteiger partial charge in [-0.2, -0.15) is 0 Å². The van der Waals surface area contributed by atoms with Crippen molar-refractivity contribution in [3.05, 3.63) is 46.7 Å². The lowest BCUT2D eigenvalue weighted by molar-refractivity contribution is -0.129. The van der Waals surface area contributed by atoms with Crippen LogP contribution in [0.3, 0.4) is 0 Å². The van der Waals surface area contributed by atoms with Crippen LogP contribution in [-0.4, -0.2) is 44.3 Å². The third kappa shape index (κ3) is 2.53. The van der Waals surface area contributed by atoms with Crippen LogP contribution < -0.4 is 0 Å². The molecule has 2 aromatic heterocycles. The molecular formula is C16H18N4OS. The van der Waals surface area contributed by atoms with Gasteiger partial charge >= 0.3 is 0 Å². The van der Waals surface area contributed by atoms with Crippen LogP contribution in [0.25, 0.3) is 0 Å². The summed E-state index contributed by atoms with van der Waals surface area (Å²) in [4.78, 5) is 25.3. The largest absolute Gasteiger partial charge is 0.334 e. The van der Waals surface area contributed by atoms with Gasteiger partial charge in [-0.25, -0.2) is 4.98 Å². The molecule has 5 nitrogen and oxygen atoms in total. The quantitative estimate of drug-likeness (QED) is 0.865. The van der Waals surface area contributed by atoms with Crippen molar-refractivity contribution >= 4 is 17.2 Å². The van der Waals surface area contributed by atoms with E-state index in [1.807, 2.05) is 23.7 Å². The third-order valence-corrected chi connectivity index (χ3v) is 5.42. The normalized spacial score (nSPS) is 24.9. The zero-order chi connectivity index (χ0) is 14.9. The average Bonchev–Trinajstić information content (AvgIpc) is 3.23. The molecule has 0 unspecified atom stereocenters. The van der Waals surface area contributed by atoms with Gasteiger partial charge in [0.05, 0.1) is 6.54 Å². The summed E-state index contributed by atoms with van der Waals surface area (Å²) < 4.78 is 0. The number of carbonyl (C=O) groups excluding carboxylic acids is 1. The smallest absolute Gasteiger partial charge is 0.224 e. The van der Waals surface area contributed by atoms with Gasteiger partial charge in [-0.3, -0.25) is 14.7 Å². The Morgan fingerprint density at radius 1 is 1.18 bits per heavy atom. The molecule has 22 heavy (non-hydrogen) atoms. The minimum absolute atomic E-state index is 0.274. The molecular weight excluding hydrogens is 296 g/mol. The van der Waals surface area contributed by atoms with Crippen LogP contribution in [0, 0.1) is 0 Å². The van der Waals surface area contributed by atoms with Gasteiger partial charge < -0.3 is 4.90 Å². The molecule has 0 N–H and O–H groups in total. The summed E-state index contributed by atoms with van der Waals surface area (Å²) in [5.74, 6) is 0.274. The van der Waals surface area contributed by atoms with Crippen LogP contribution in [0.2, 0.25) is 0 Å². The zero-order valence-corrected chi connectivity index (χ0v) is 13.1. The van der Waals surface area contributed by atoms with Gasteiger partial charge in [-0.1, -0.05) is 0 Å². The third-order valence-electron chi connectivity index (χ3n) is 4.65. The zero-order valence-electron chi connectivity index (χ0n) is 12.3. The highest BCUT2D eigenvalue weighted by molar-refractivity contribution is 7.09. The van der Waals surface area contributed by atoms with Crippen LogP contribution in [0.5, 0.6) is 0 Å². The highest BCUT2D eigenvalue weighted by Gasteiger charge is 2.46. The number of rotatable bonds is 4. The van der Waals surface area contributed by atoms with Crippen LogP contribution in [0.4, 0.5) is 0 Å². The Balaban J connectivity index is 1.47. The fourth-order valence-electron chi connectivity index (χ4n) is 3.60. The number of nitrogens with zero attached hydrogens (tertiary/aromatic N) is 4. The summed E-state index contributed by atoms with van der Waals surface area (Å²) in [5.41, 5.74) is 1.15. The summed E-state index contributed by atoms with van der Waals surface area (Å²) >= 11 is 1.69. The molecule has 0 aromatic carbocycles. The van der Waals surface area contributed by atoms with Crippen molar-refractivity contribution in [2.24, 2.45) is 0 Å². The number of pyridine rings is 1. The van der Waals surface area contributed by atoms with Gasteiger partial charge in [0.25, 0.3) is 0 Å². The molecule has 2 saturated heterocycles. The maximum absolute atomic E-state index is 12.4. The van der Waals surface area contributed by atoms with Gasteiger partial charge in [0.1, 0.15) is 5.01 Å². The summed E-state index contributed by atoms with van der Waals surface area (Å²) in [7, 11) is 0. The number of fused-ring (bicyclic) bond motifs is 1. The SMILES string of the molecule is O=C1C[C@@H]2[C@H](CCN2Cc2nccs2)N1Cc1ccncc1. The average molecular weight is 314 g/mol. The number of amides is 1. The van der Waals surface area contributed by atoms with Crippen LogP contribution in [-0.2, 0) is 17.9 Å². The molecule has 2 fully saturated rings. The molecule has 0 spiro atoms. The lowest BCUT2D eigenvalue weighted by Crippen LogP contribution is -2.36. The second kappa shape index (κ2) is 5.78. The lowest BCUT2D eigenvalue weighted by Gasteiger charge is -2.25. The van der Waals surface area contributed by atoms with E-state index in [4.69, 9.17) is 0 Å². The molecule has 2 aliphatic rings. The van der Waals surface area contributed by atoms with E-state index in [1.54, 1.807) is 23.7 Å². The van der Waals surface area contributed by atoms with Crippen molar-refractivity contribution < 1.29 is 4.79 Å². The number of carbonyl (C=O) groups is 1. The van der Waals surface area contributed by atoms with E-state index in [-0.39, 0.29) is 5.91 Å². The summed E-state index contributed by atoms with van der Waals surface area (Å²) in [6.07, 6.45) is 7.13. The molecule has 2 aromatic rings. The first kappa shape index (κ1) is 13.8.